The van der Waals surface area contributed by atoms with Crippen molar-refractivity contribution in [3.8, 4) is 6.07 Å². The molecule has 1 rings (SSSR count). The molecule has 0 fully saturated rings. The molecule has 0 aliphatic carbocycles. The first-order valence-corrected chi connectivity index (χ1v) is 6.96. The fourth-order valence-corrected chi connectivity index (χ4v) is 2.20. The molecule has 0 aromatic carbocycles. The molecular formula is C15H24N4. The summed E-state index contributed by atoms with van der Waals surface area (Å²) in [4.78, 5) is 6.72. The Balaban J connectivity index is 2.65. The smallest absolute Gasteiger partial charge is 0.103 e. The molecule has 0 aliphatic rings. The van der Waals surface area contributed by atoms with E-state index in [-0.39, 0.29) is 0 Å². The number of hydrogen-bond donors (Lipinski definition) is 1. The Morgan fingerprint density at radius 1 is 1.32 bits per heavy atom. The molecule has 1 N–H and O–H groups in total. The van der Waals surface area contributed by atoms with Crippen molar-refractivity contribution in [2.24, 2.45) is 0 Å². The van der Waals surface area contributed by atoms with Crippen LogP contribution < -0.4 is 5.32 Å². The number of aromatic nitrogens is 1. The SMILES string of the molecule is CCCN(CC)CCNc1cc(C)nc(C)c1C#N. The van der Waals surface area contributed by atoms with E-state index in [9.17, 15) is 5.26 Å². The average molecular weight is 260 g/mol. The van der Waals surface area contributed by atoms with Crippen molar-refractivity contribution in [1.82, 2.24) is 9.88 Å². The molecule has 0 radical (unpaired) electrons. The van der Waals surface area contributed by atoms with Crippen LogP contribution in [0.25, 0.3) is 0 Å². The molecule has 0 amide bonds. The van der Waals surface area contributed by atoms with Gasteiger partial charge >= 0.3 is 0 Å². The van der Waals surface area contributed by atoms with Crippen molar-refractivity contribution in [1.29, 1.82) is 5.26 Å². The predicted octanol–water partition coefficient (Wildman–Crippen LogP) is 2.71. The maximum Gasteiger partial charge on any atom is 0.103 e. The van der Waals surface area contributed by atoms with Crippen molar-refractivity contribution in [3.05, 3.63) is 23.0 Å². The first-order chi connectivity index (χ1) is 9.12. The van der Waals surface area contributed by atoms with E-state index in [1.807, 2.05) is 19.9 Å². The summed E-state index contributed by atoms with van der Waals surface area (Å²) in [5, 5.41) is 12.6. The summed E-state index contributed by atoms with van der Waals surface area (Å²) in [5.74, 6) is 0. The maximum absolute atomic E-state index is 9.19. The molecule has 1 aromatic heterocycles. The molecule has 4 nitrogen and oxygen atoms in total. The van der Waals surface area contributed by atoms with Gasteiger partial charge in [0.2, 0.25) is 0 Å². The van der Waals surface area contributed by atoms with Crippen molar-refractivity contribution in [2.75, 3.05) is 31.5 Å². The van der Waals surface area contributed by atoms with E-state index in [4.69, 9.17) is 0 Å². The number of nitriles is 1. The van der Waals surface area contributed by atoms with Gasteiger partial charge in [-0.2, -0.15) is 5.26 Å². The monoisotopic (exact) mass is 260 g/mol. The van der Waals surface area contributed by atoms with Gasteiger partial charge in [-0.1, -0.05) is 13.8 Å². The summed E-state index contributed by atoms with van der Waals surface area (Å²) < 4.78 is 0. The fraction of sp³-hybridized carbons (Fsp3) is 0.600. The first-order valence-electron chi connectivity index (χ1n) is 6.96. The highest BCUT2D eigenvalue weighted by Gasteiger charge is 2.08. The van der Waals surface area contributed by atoms with Crippen LogP contribution in [0.1, 0.15) is 37.2 Å². The van der Waals surface area contributed by atoms with Gasteiger partial charge in [0.15, 0.2) is 0 Å². The van der Waals surface area contributed by atoms with E-state index in [1.165, 1.54) is 6.42 Å². The number of rotatable bonds is 7. The molecule has 19 heavy (non-hydrogen) atoms. The van der Waals surface area contributed by atoms with Crippen LogP contribution in [0.3, 0.4) is 0 Å². The van der Waals surface area contributed by atoms with Crippen molar-refractivity contribution in [3.63, 3.8) is 0 Å². The number of aryl methyl sites for hydroxylation is 2. The third-order valence-electron chi connectivity index (χ3n) is 3.17. The van der Waals surface area contributed by atoms with E-state index < -0.39 is 0 Å². The van der Waals surface area contributed by atoms with Gasteiger partial charge in [-0.25, -0.2) is 0 Å². The summed E-state index contributed by atoms with van der Waals surface area (Å²) >= 11 is 0. The molecule has 0 atom stereocenters. The highest BCUT2D eigenvalue weighted by Crippen LogP contribution is 2.18. The predicted molar refractivity (Wildman–Crippen MR) is 79.3 cm³/mol. The minimum Gasteiger partial charge on any atom is -0.383 e. The van der Waals surface area contributed by atoms with Crippen LogP contribution in [0, 0.1) is 25.2 Å². The third-order valence-corrected chi connectivity index (χ3v) is 3.17. The lowest BCUT2D eigenvalue weighted by Gasteiger charge is -2.20. The zero-order chi connectivity index (χ0) is 14.3. The number of nitrogens with zero attached hydrogens (tertiary/aromatic N) is 3. The normalized spacial score (nSPS) is 10.5. The van der Waals surface area contributed by atoms with Crippen LogP contribution >= 0.6 is 0 Å². The van der Waals surface area contributed by atoms with Gasteiger partial charge in [-0.05, 0) is 39.4 Å². The molecule has 1 aromatic rings. The van der Waals surface area contributed by atoms with E-state index in [0.717, 1.165) is 43.3 Å². The average Bonchev–Trinajstić information content (AvgIpc) is 2.37. The zero-order valence-electron chi connectivity index (χ0n) is 12.5. The van der Waals surface area contributed by atoms with Crippen LogP contribution in [0.15, 0.2) is 6.07 Å². The number of nitrogens with one attached hydrogen (secondary N) is 1. The van der Waals surface area contributed by atoms with Crippen LogP contribution in [0.4, 0.5) is 5.69 Å². The number of anilines is 1. The Labute approximate surface area is 116 Å². The van der Waals surface area contributed by atoms with Gasteiger partial charge in [0.05, 0.1) is 16.9 Å². The van der Waals surface area contributed by atoms with Crippen molar-refractivity contribution in [2.45, 2.75) is 34.1 Å². The lowest BCUT2D eigenvalue weighted by atomic mass is 10.1. The second-order valence-corrected chi connectivity index (χ2v) is 4.74. The van der Waals surface area contributed by atoms with Gasteiger partial charge in [-0.3, -0.25) is 4.98 Å². The second kappa shape index (κ2) is 7.75. The molecule has 4 heteroatoms. The standard InChI is InChI=1S/C15H24N4/c1-5-8-19(6-2)9-7-17-15-10-12(3)18-13(4)14(15)11-16/h10H,5-9H2,1-4H3,(H,17,18). The Kier molecular flexibility index (Phi) is 6.31. The molecule has 0 saturated carbocycles. The van der Waals surface area contributed by atoms with E-state index >= 15 is 0 Å². The Morgan fingerprint density at radius 2 is 2.05 bits per heavy atom. The number of likely N-dealkylation sites (N-methyl/N-ethyl adjacent to an activating group) is 1. The van der Waals surface area contributed by atoms with Gasteiger partial charge < -0.3 is 10.2 Å². The lowest BCUT2D eigenvalue weighted by molar-refractivity contribution is 0.300. The quantitative estimate of drug-likeness (QED) is 0.819. The minimum absolute atomic E-state index is 0.657. The van der Waals surface area contributed by atoms with Crippen molar-refractivity contribution < 1.29 is 0 Å². The molecular weight excluding hydrogens is 236 g/mol. The number of pyridine rings is 1. The van der Waals surface area contributed by atoms with Gasteiger partial charge in [-0.15, -0.1) is 0 Å². The fourth-order valence-electron chi connectivity index (χ4n) is 2.20. The maximum atomic E-state index is 9.19. The van der Waals surface area contributed by atoms with Gasteiger partial charge in [0, 0.05) is 18.8 Å². The molecule has 104 valence electrons. The third kappa shape index (κ3) is 4.53. The molecule has 1 heterocycles. The highest BCUT2D eigenvalue weighted by molar-refractivity contribution is 5.59. The zero-order valence-corrected chi connectivity index (χ0v) is 12.5. The largest absolute Gasteiger partial charge is 0.383 e. The summed E-state index contributed by atoms with van der Waals surface area (Å²) in [7, 11) is 0. The lowest BCUT2D eigenvalue weighted by Crippen LogP contribution is -2.29. The van der Waals surface area contributed by atoms with Crippen LogP contribution in [0.2, 0.25) is 0 Å². The molecule has 0 bridgehead atoms. The Bertz CT molecular complexity index is 448. The van der Waals surface area contributed by atoms with Gasteiger partial charge in [0.25, 0.3) is 0 Å². The summed E-state index contributed by atoms with van der Waals surface area (Å²) in [5.41, 5.74) is 3.30. The number of hydrogen-bond acceptors (Lipinski definition) is 4. The Morgan fingerprint density at radius 3 is 2.63 bits per heavy atom. The summed E-state index contributed by atoms with van der Waals surface area (Å²) in [6.45, 7) is 12.2. The van der Waals surface area contributed by atoms with E-state index in [0.29, 0.717) is 5.56 Å². The van der Waals surface area contributed by atoms with Gasteiger partial charge in [0.1, 0.15) is 6.07 Å². The van der Waals surface area contributed by atoms with Crippen LogP contribution in [-0.2, 0) is 0 Å². The van der Waals surface area contributed by atoms with Crippen molar-refractivity contribution >= 4 is 5.69 Å². The van der Waals surface area contributed by atoms with Crippen LogP contribution in [0.5, 0.6) is 0 Å². The summed E-state index contributed by atoms with van der Waals surface area (Å²) in [6, 6.07) is 4.18. The molecule has 0 spiro atoms. The molecule has 0 saturated heterocycles. The topological polar surface area (TPSA) is 52.0 Å². The van der Waals surface area contributed by atoms with E-state index in [1.54, 1.807) is 0 Å². The highest BCUT2D eigenvalue weighted by atomic mass is 15.1. The van der Waals surface area contributed by atoms with Crippen LogP contribution in [-0.4, -0.2) is 36.1 Å². The first kappa shape index (κ1) is 15.5. The summed E-state index contributed by atoms with van der Waals surface area (Å²) in [6.07, 6.45) is 1.17. The second-order valence-electron chi connectivity index (χ2n) is 4.74. The molecule has 0 unspecified atom stereocenters. The minimum atomic E-state index is 0.657. The Hall–Kier alpha value is -1.60. The van der Waals surface area contributed by atoms with E-state index in [2.05, 4.69) is 35.1 Å². The molecule has 0 aliphatic heterocycles.